The van der Waals surface area contributed by atoms with Gasteiger partial charge in [0.15, 0.2) is 5.16 Å². The molecule has 1 atom stereocenters. The van der Waals surface area contributed by atoms with Gasteiger partial charge in [0.1, 0.15) is 4.83 Å². The van der Waals surface area contributed by atoms with Crippen molar-refractivity contribution >= 4 is 39.3 Å². The second-order valence-electron chi connectivity index (χ2n) is 8.97. The first-order valence-corrected chi connectivity index (χ1v) is 13.8. The van der Waals surface area contributed by atoms with Gasteiger partial charge in [-0.25, -0.2) is 4.98 Å². The fourth-order valence-corrected chi connectivity index (χ4v) is 6.05. The first kappa shape index (κ1) is 24.9. The largest absolute Gasteiger partial charge is 0.465 e. The molecule has 182 valence electrons. The van der Waals surface area contributed by atoms with E-state index in [1.807, 2.05) is 30.3 Å². The van der Waals surface area contributed by atoms with E-state index >= 15 is 0 Å². The molecule has 0 unspecified atom stereocenters. The van der Waals surface area contributed by atoms with Crippen molar-refractivity contribution in [1.29, 1.82) is 0 Å². The smallest absolute Gasteiger partial charge is 0.316 e. The van der Waals surface area contributed by atoms with Gasteiger partial charge in [0, 0.05) is 11.3 Å². The lowest BCUT2D eigenvalue weighted by Crippen LogP contribution is -2.29. The zero-order valence-corrected chi connectivity index (χ0v) is 21.7. The van der Waals surface area contributed by atoms with Gasteiger partial charge in [0.2, 0.25) is 0 Å². The molecule has 1 aliphatic heterocycles. The van der Waals surface area contributed by atoms with Crippen LogP contribution in [-0.4, -0.2) is 34.0 Å². The number of thiophene rings is 1. The highest BCUT2D eigenvalue weighted by Gasteiger charge is 2.28. The Morgan fingerprint density at radius 3 is 2.82 bits per heavy atom. The Hall–Kier alpha value is -2.16. The third-order valence-corrected chi connectivity index (χ3v) is 8.10. The summed E-state index contributed by atoms with van der Waals surface area (Å²) in [7, 11) is 0. The summed E-state index contributed by atoms with van der Waals surface area (Å²) in [5, 5.41) is 1.25. The monoisotopic (exact) mass is 500 g/mol. The van der Waals surface area contributed by atoms with E-state index in [1.165, 1.54) is 23.1 Å². The van der Waals surface area contributed by atoms with Crippen molar-refractivity contribution in [2.75, 3.05) is 12.4 Å². The fourth-order valence-electron chi connectivity index (χ4n) is 4.09. The number of aromatic nitrogens is 2. The molecule has 1 aliphatic rings. The Balaban J connectivity index is 1.66. The molecule has 34 heavy (non-hydrogen) atoms. The molecule has 3 aromatic rings. The zero-order valence-electron chi connectivity index (χ0n) is 20.0. The van der Waals surface area contributed by atoms with Gasteiger partial charge in [-0.05, 0) is 23.5 Å². The minimum Gasteiger partial charge on any atom is -0.465 e. The lowest BCUT2D eigenvalue weighted by molar-refractivity contribution is -0.140. The third kappa shape index (κ3) is 5.73. The van der Waals surface area contributed by atoms with Crippen LogP contribution in [0.4, 0.5) is 0 Å². The normalized spacial score (nSPS) is 15.6. The highest BCUT2D eigenvalue weighted by atomic mass is 32.2. The summed E-state index contributed by atoms with van der Waals surface area (Å²) >= 11 is 2.80. The van der Waals surface area contributed by atoms with E-state index in [0.717, 1.165) is 46.5 Å². The molecule has 1 aromatic carbocycles. The molecule has 0 saturated heterocycles. The molecule has 3 heterocycles. The number of benzene rings is 1. The Labute approximate surface area is 208 Å². The Bertz CT molecular complexity index is 1190. The molecule has 0 saturated carbocycles. The minimum absolute atomic E-state index is 0.0467. The molecular weight excluding hydrogens is 468 g/mol. The van der Waals surface area contributed by atoms with Crippen LogP contribution in [0.15, 0.2) is 40.3 Å². The molecule has 0 bridgehead atoms. The van der Waals surface area contributed by atoms with Crippen molar-refractivity contribution in [3.05, 3.63) is 56.7 Å². The molecule has 8 heteroatoms. The van der Waals surface area contributed by atoms with E-state index in [0.29, 0.717) is 36.2 Å². The summed E-state index contributed by atoms with van der Waals surface area (Å²) in [5.74, 6) is 0.226. The molecule has 0 aliphatic carbocycles. The predicted octanol–water partition coefficient (Wildman–Crippen LogP) is 5.43. The number of esters is 1. The van der Waals surface area contributed by atoms with Crippen molar-refractivity contribution in [2.45, 2.75) is 70.9 Å². The third-order valence-electron chi connectivity index (χ3n) is 6.05. The van der Waals surface area contributed by atoms with Crippen LogP contribution in [0.2, 0.25) is 0 Å². The number of hydrogen-bond donors (Lipinski definition) is 0. The van der Waals surface area contributed by atoms with Crippen molar-refractivity contribution in [1.82, 2.24) is 9.55 Å². The summed E-state index contributed by atoms with van der Waals surface area (Å²) < 4.78 is 13.1. The number of nitrogens with zero attached hydrogens (tertiary/aromatic N) is 2. The van der Waals surface area contributed by atoms with Gasteiger partial charge in [-0.1, -0.05) is 75.7 Å². The summed E-state index contributed by atoms with van der Waals surface area (Å²) in [6, 6.07) is 9.88. The van der Waals surface area contributed by atoms with Crippen LogP contribution in [0.1, 0.15) is 56.0 Å². The minimum atomic E-state index is -0.277. The molecular formula is C26H32N2O4S2. The van der Waals surface area contributed by atoms with Crippen molar-refractivity contribution < 1.29 is 14.3 Å². The van der Waals surface area contributed by atoms with Crippen LogP contribution in [0, 0.1) is 5.92 Å². The van der Waals surface area contributed by atoms with E-state index in [2.05, 4.69) is 20.8 Å². The van der Waals surface area contributed by atoms with E-state index in [-0.39, 0.29) is 23.4 Å². The molecule has 2 aromatic heterocycles. The number of carbonyl (C=O) groups is 1. The maximum Gasteiger partial charge on any atom is 0.316 e. The van der Waals surface area contributed by atoms with E-state index in [1.54, 1.807) is 4.57 Å². The summed E-state index contributed by atoms with van der Waals surface area (Å²) in [4.78, 5) is 32.8. The Morgan fingerprint density at radius 2 is 2.09 bits per heavy atom. The van der Waals surface area contributed by atoms with Crippen molar-refractivity contribution in [3.8, 4) is 0 Å². The van der Waals surface area contributed by atoms with Crippen LogP contribution in [0.3, 0.4) is 0 Å². The molecule has 6 nitrogen and oxygen atoms in total. The molecule has 4 rings (SSSR count). The Kier molecular flexibility index (Phi) is 8.45. The maximum absolute atomic E-state index is 13.8. The van der Waals surface area contributed by atoms with E-state index in [4.69, 9.17) is 14.5 Å². The van der Waals surface area contributed by atoms with Crippen LogP contribution in [0.25, 0.3) is 10.2 Å². The first-order chi connectivity index (χ1) is 16.5. The molecule has 0 radical (unpaired) electrons. The second-order valence-corrected chi connectivity index (χ2v) is 11.0. The van der Waals surface area contributed by atoms with Crippen LogP contribution in [-0.2, 0) is 33.8 Å². The van der Waals surface area contributed by atoms with Crippen molar-refractivity contribution in [3.63, 3.8) is 0 Å². The number of ether oxygens (including phenoxy) is 2. The average molecular weight is 501 g/mol. The maximum atomic E-state index is 13.8. The lowest BCUT2D eigenvalue weighted by Gasteiger charge is -2.26. The highest BCUT2D eigenvalue weighted by molar-refractivity contribution is 7.99. The van der Waals surface area contributed by atoms with Gasteiger partial charge < -0.3 is 9.47 Å². The standard InChI is InChI=1S/C26H32N2O4S2/c1-4-5-9-12-31-22(29)16-33-26-27-24-23(19-13-20(17(2)3)32-15-21(19)34-24)25(30)28(26)14-18-10-7-6-8-11-18/h6-8,10-11,17,20H,4-5,9,12-16H2,1-3H3/t20-/m1/s1. The number of carbonyl (C=O) groups excluding carboxylic acids is 1. The number of thioether (sulfide) groups is 1. The van der Waals surface area contributed by atoms with Crippen LogP contribution in [0.5, 0.6) is 0 Å². The van der Waals surface area contributed by atoms with Gasteiger partial charge in [-0.2, -0.15) is 0 Å². The molecule has 0 amide bonds. The quantitative estimate of drug-likeness (QED) is 0.160. The molecule has 0 fully saturated rings. The van der Waals surface area contributed by atoms with Gasteiger partial charge in [0.05, 0.1) is 37.0 Å². The van der Waals surface area contributed by atoms with Crippen LogP contribution < -0.4 is 5.56 Å². The highest BCUT2D eigenvalue weighted by Crippen LogP contribution is 2.36. The predicted molar refractivity (Wildman–Crippen MR) is 138 cm³/mol. The summed E-state index contributed by atoms with van der Waals surface area (Å²) in [6.07, 6.45) is 3.82. The topological polar surface area (TPSA) is 70.4 Å². The van der Waals surface area contributed by atoms with E-state index in [9.17, 15) is 9.59 Å². The van der Waals surface area contributed by atoms with Crippen LogP contribution >= 0.6 is 23.1 Å². The number of fused-ring (bicyclic) bond motifs is 3. The lowest BCUT2D eigenvalue weighted by atomic mass is 9.96. The number of unbranched alkanes of at least 4 members (excludes halogenated alkanes) is 2. The van der Waals surface area contributed by atoms with Gasteiger partial charge in [-0.3, -0.25) is 14.2 Å². The summed E-state index contributed by atoms with van der Waals surface area (Å²) in [6.45, 7) is 7.77. The fraction of sp³-hybridized carbons (Fsp3) is 0.500. The number of rotatable bonds is 10. The molecule has 0 N–H and O–H groups in total. The SMILES string of the molecule is CCCCCOC(=O)CSc1nc2sc3c(c2c(=O)n1Cc1ccccc1)C[C@H](C(C)C)OC3. The second kappa shape index (κ2) is 11.5. The summed E-state index contributed by atoms with van der Waals surface area (Å²) in [5.41, 5.74) is 2.05. The number of hydrogen-bond acceptors (Lipinski definition) is 7. The van der Waals surface area contributed by atoms with Gasteiger partial charge >= 0.3 is 5.97 Å². The van der Waals surface area contributed by atoms with Gasteiger partial charge in [-0.15, -0.1) is 11.3 Å². The van der Waals surface area contributed by atoms with E-state index < -0.39 is 0 Å². The molecule has 0 spiro atoms. The van der Waals surface area contributed by atoms with Crippen molar-refractivity contribution in [2.24, 2.45) is 5.92 Å². The zero-order chi connectivity index (χ0) is 24.1. The first-order valence-electron chi connectivity index (χ1n) is 12.0. The van der Waals surface area contributed by atoms with Gasteiger partial charge in [0.25, 0.3) is 5.56 Å². The Morgan fingerprint density at radius 1 is 1.29 bits per heavy atom. The average Bonchev–Trinajstić information content (AvgIpc) is 3.21.